The van der Waals surface area contributed by atoms with E-state index in [9.17, 15) is 14.3 Å². The van der Waals surface area contributed by atoms with Gasteiger partial charge in [-0.2, -0.15) is 0 Å². The molecule has 1 aromatic carbocycles. The van der Waals surface area contributed by atoms with Crippen LogP contribution in [0.3, 0.4) is 0 Å². The highest BCUT2D eigenvalue weighted by Gasteiger charge is 2.21. The van der Waals surface area contributed by atoms with E-state index in [0.717, 1.165) is 13.1 Å². The molecule has 1 fully saturated rings. The predicted molar refractivity (Wildman–Crippen MR) is 81.6 cm³/mol. The number of ether oxygens (including phenoxy) is 1. The number of aliphatic hydroxyl groups excluding tert-OH is 1. The van der Waals surface area contributed by atoms with Crippen molar-refractivity contribution >= 4 is 17.5 Å². The number of carbonyl (C=O) groups excluding carboxylic acids is 1. The van der Waals surface area contributed by atoms with Crippen molar-refractivity contribution in [2.75, 3.05) is 46.4 Å². The van der Waals surface area contributed by atoms with Gasteiger partial charge in [-0.1, -0.05) is 17.7 Å². The SMILES string of the molecule is CN(CC(O)CN1CCOCC1)C(=O)c1cccc(F)c1Cl. The summed E-state index contributed by atoms with van der Waals surface area (Å²) in [6.07, 6.45) is -0.681. The van der Waals surface area contributed by atoms with Gasteiger partial charge < -0.3 is 14.7 Å². The molecular weight excluding hydrogens is 311 g/mol. The zero-order valence-electron chi connectivity index (χ0n) is 12.5. The van der Waals surface area contributed by atoms with E-state index >= 15 is 0 Å². The molecule has 1 aliphatic heterocycles. The lowest BCUT2D eigenvalue weighted by Gasteiger charge is -2.30. The Bertz CT molecular complexity index is 524. The van der Waals surface area contributed by atoms with E-state index in [1.165, 1.54) is 23.1 Å². The van der Waals surface area contributed by atoms with Crippen molar-refractivity contribution in [3.8, 4) is 0 Å². The number of hydrogen-bond donors (Lipinski definition) is 1. The summed E-state index contributed by atoms with van der Waals surface area (Å²) in [4.78, 5) is 15.7. The topological polar surface area (TPSA) is 53.0 Å². The van der Waals surface area contributed by atoms with E-state index in [1.54, 1.807) is 7.05 Å². The summed E-state index contributed by atoms with van der Waals surface area (Å²) in [7, 11) is 1.56. The first-order chi connectivity index (χ1) is 10.5. The lowest BCUT2D eigenvalue weighted by Crippen LogP contribution is -2.45. The van der Waals surface area contributed by atoms with Crippen LogP contribution in [0.1, 0.15) is 10.4 Å². The first-order valence-electron chi connectivity index (χ1n) is 7.16. The van der Waals surface area contributed by atoms with E-state index < -0.39 is 17.8 Å². The van der Waals surface area contributed by atoms with Gasteiger partial charge in [-0.25, -0.2) is 4.39 Å². The standard InChI is InChI=1S/C15H20ClFN2O3/c1-18(9-11(20)10-19-5-7-22-8-6-19)15(21)12-3-2-4-13(17)14(12)16/h2-4,11,20H,5-10H2,1H3. The smallest absolute Gasteiger partial charge is 0.255 e. The number of benzene rings is 1. The van der Waals surface area contributed by atoms with Gasteiger partial charge in [0.25, 0.3) is 5.91 Å². The number of β-amino-alcohol motifs (C(OH)–C–C–N with tert-alkyl or cyclic N) is 1. The van der Waals surface area contributed by atoms with E-state index in [-0.39, 0.29) is 17.1 Å². The molecule has 1 aromatic rings. The third-order valence-corrected chi connectivity index (χ3v) is 3.97. The Labute approximate surface area is 134 Å². The lowest BCUT2D eigenvalue weighted by molar-refractivity contribution is 0.00879. The minimum absolute atomic E-state index is 0.0998. The minimum atomic E-state index is -0.681. The normalized spacial score (nSPS) is 17.3. The van der Waals surface area contributed by atoms with Crippen LogP contribution < -0.4 is 0 Å². The fourth-order valence-corrected chi connectivity index (χ4v) is 2.62. The van der Waals surface area contributed by atoms with Crippen LogP contribution in [-0.4, -0.2) is 73.4 Å². The van der Waals surface area contributed by atoms with Crippen LogP contribution in [0.5, 0.6) is 0 Å². The van der Waals surface area contributed by atoms with Gasteiger partial charge >= 0.3 is 0 Å². The van der Waals surface area contributed by atoms with Crippen LogP contribution in [0, 0.1) is 5.82 Å². The molecule has 0 spiro atoms. The van der Waals surface area contributed by atoms with Gasteiger partial charge in [0.15, 0.2) is 0 Å². The monoisotopic (exact) mass is 330 g/mol. The molecule has 1 atom stereocenters. The summed E-state index contributed by atoms with van der Waals surface area (Å²) in [6.45, 7) is 3.47. The minimum Gasteiger partial charge on any atom is -0.390 e. The van der Waals surface area contributed by atoms with Crippen LogP contribution in [-0.2, 0) is 4.74 Å². The molecule has 0 saturated carbocycles. The van der Waals surface area contributed by atoms with E-state index in [0.29, 0.717) is 19.8 Å². The summed E-state index contributed by atoms with van der Waals surface area (Å²) in [5, 5.41) is 9.92. The van der Waals surface area contributed by atoms with E-state index in [4.69, 9.17) is 16.3 Å². The van der Waals surface area contributed by atoms with E-state index in [1.807, 2.05) is 0 Å². The largest absolute Gasteiger partial charge is 0.390 e. The van der Waals surface area contributed by atoms with Crippen molar-refractivity contribution in [3.63, 3.8) is 0 Å². The zero-order chi connectivity index (χ0) is 16.1. The van der Waals surface area contributed by atoms with Crippen LogP contribution in [0.15, 0.2) is 18.2 Å². The molecule has 0 radical (unpaired) electrons. The maximum absolute atomic E-state index is 13.4. The Morgan fingerprint density at radius 3 is 2.86 bits per heavy atom. The molecule has 1 aliphatic rings. The van der Waals surface area contributed by atoms with Crippen molar-refractivity contribution < 1.29 is 19.0 Å². The maximum Gasteiger partial charge on any atom is 0.255 e. The Balaban J connectivity index is 1.91. The third-order valence-electron chi connectivity index (χ3n) is 3.59. The molecule has 1 amide bonds. The van der Waals surface area contributed by atoms with Crippen LogP contribution in [0.25, 0.3) is 0 Å². The molecule has 5 nitrogen and oxygen atoms in total. The van der Waals surface area contributed by atoms with Gasteiger partial charge in [0.05, 0.1) is 29.9 Å². The van der Waals surface area contributed by atoms with Crippen molar-refractivity contribution in [2.24, 2.45) is 0 Å². The molecular formula is C15H20ClFN2O3. The molecule has 1 unspecified atom stereocenters. The van der Waals surface area contributed by atoms with Crippen LogP contribution in [0.2, 0.25) is 5.02 Å². The zero-order valence-corrected chi connectivity index (χ0v) is 13.2. The molecule has 1 heterocycles. The second kappa shape index (κ2) is 7.87. The fourth-order valence-electron chi connectivity index (χ4n) is 2.41. The summed E-state index contributed by atoms with van der Waals surface area (Å²) in [5.41, 5.74) is 0.0998. The summed E-state index contributed by atoms with van der Waals surface area (Å²) >= 11 is 5.82. The number of amides is 1. The Morgan fingerprint density at radius 2 is 2.18 bits per heavy atom. The number of aliphatic hydroxyl groups is 1. The third kappa shape index (κ3) is 4.39. The van der Waals surface area contributed by atoms with Gasteiger partial charge in [-0.05, 0) is 12.1 Å². The molecule has 0 bridgehead atoms. The average molecular weight is 331 g/mol. The van der Waals surface area contributed by atoms with Gasteiger partial charge in [0, 0.05) is 33.2 Å². The van der Waals surface area contributed by atoms with Crippen LogP contribution in [0.4, 0.5) is 4.39 Å². The number of rotatable bonds is 5. The first kappa shape index (κ1) is 17.1. The molecule has 0 aromatic heterocycles. The number of likely N-dealkylation sites (N-methyl/N-ethyl adjacent to an activating group) is 1. The summed E-state index contributed by atoms with van der Waals surface area (Å²) < 4.78 is 18.6. The van der Waals surface area contributed by atoms with Crippen molar-refractivity contribution in [3.05, 3.63) is 34.6 Å². The second-order valence-corrected chi connectivity index (χ2v) is 5.73. The second-order valence-electron chi connectivity index (χ2n) is 5.35. The van der Waals surface area contributed by atoms with E-state index in [2.05, 4.69) is 4.90 Å². The van der Waals surface area contributed by atoms with Gasteiger partial charge in [-0.3, -0.25) is 9.69 Å². The Hall–Kier alpha value is -1.21. The molecule has 0 aliphatic carbocycles. The highest BCUT2D eigenvalue weighted by molar-refractivity contribution is 6.33. The molecule has 7 heteroatoms. The van der Waals surface area contributed by atoms with Crippen LogP contribution >= 0.6 is 11.6 Å². The number of hydrogen-bond acceptors (Lipinski definition) is 4. The average Bonchev–Trinajstić information content (AvgIpc) is 2.50. The predicted octanol–water partition coefficient (Wildman–Crippen LogP) is 1.24. The molecule has 1 saturated heterocycles. The van der Waals surface area contributed by atoms with Gasteiger partial charge in [0.1, 0.15) is 5.82 Å². The highest BCUT2D eigenvalue weighted by atomic mass is 35.5. The Morgan fingerprint density at radius 1 is 1.50 bits per heavy atom. The van der Waals surface area contributed by atoms with Gasteiger partial charge in [-0.15, -0.1) is 0 Å². The lowest BCUT2D eigenvalue weighted by atomic mass is 10.2. The maximum atomic E-state index is 13.4. The Kier molecular flexibility index (Phi) is 6.14. The number of morpholine rings is 1. The summed E-state index contributed by atoms with van der Waals surface area (Å²) in [6, 6.07) is 4.11. The number of carbonyl (C=O) groups is 1. The van der Waals surface area contributed by atoms with Crippen molar-refractivity contribution in [2.45, 2.75) is 6.10 Å². The first-order valence-corrected chi connectivity index (χ1v) is 7.54. The molecule has 2 rings (SSSR count). The summed E-state index contributed by atoms with van der Waals surface area (Å²) in [5.74, 6) is -1.04. The number of nitrogens with zero attached hydrogens (tertiary/aromatic N) is 2. The molecule has 1 N–H and O–H groups in total. The van der Waals surface area contributed by atoms with Crippen molar-refractivity contribution in [1.29, 1.82) is 0 Å². The van der Waals surface area contributed by atoms with Crippen molar-refractivity contribution in [1.82, 2.24) is 9.80 Å². The molecule has 122 valence electrons. The highest BCUT2D eigenvalue weighted by Crippen LogP contribution is 2.20. The molecule has 22 heavy (non-hydrogen) atoms. The quantitative estimate of drug-likeness (QED) is 0.882. The number of halogens is 2. The fraction of sp³-hybridized carbons (Fsp3) is 0.533. The van der Waals surface area contributed by atoms with Gasteiger partial charge in [0.2, 0.25) is 0 Å².